The number of pyridine rings is 1. The smallest absolute Gasteiger partial charge is 0.249 e. The van der Waals surface area contributed by atoms with E-state index in [0.717, 1.165) is 54.3 Å². The van der Waals surface area contributed by atoms with Crippen molar-refractivity contribution >= 4 is 22.7 Å². The van der Waals surface area contributed by atoms with Gasteiger partial charge in [0, 0.05) is 25.5 Å². The number of nitrogens with zero attached hydrogens (tertiary/aromatic N) is 2. The number of carbonyl (C=O) groups excluding carboxylic acids is 2. The molecular weight excluding hydrogens is 446 g/mol. The highest BCUT2D eigenvalue weighted by Gasteiger charge is 2.27. The van der Waals surface area contributed by atoms with Gasteiger partial charge in [-0.2, -0.15) is 0 Å². The predicted molar refractivity (Wildman–Crippen MR) is 133 cm³/mol. The van der Waals surface area contributed by atoms with Crippen LogP contribution in [0.1, 0.15) is 56.8 Å². The van der Waals surface area contributed by atoms with Crippen LogP contribution in [0, 0.1) is 0 Å². The number of aromatic amines is 1. The van der Waals surface area contributed by atoms with E-state index in [0.29, 0.717) is 31.2 Å². The zero-order valence-electron chi connectivity index (χ0n) is 20.3. The van der Waals surface area contributed by atoms with E-state index in [9.17, 15) is 9.59 Å². The monoisotopic (exact) mass is 479 g/mol. The third kappa shape index (κ3) is 6.16. The van der Waals surface area contributed by atoms with Crippen LogP contribution < -0.4 is 15.4 Å². The van der Waals surface area contributed by atoms with E-state index in [-0.39, 0.29) is 17.9 Å². The van der Waals surface area contributed by atoms with Gasteiger partial charge in [0.2, 0.25) is 17.7 Å². The first kappa shape index (κ1) is 24.7. The maximum absolute atomic E-state index is 12.8. The molecule has 3 aromatic rings. The van der Waals surface area contributed by atoms with Gasteiger partial charge in [0.1, 0.15) is 11.9 Å². The normalized spacial score (nSPS) is 16.2. The summed E-state index contributed by atoms with van der Waals surface area (Å²) in [6.45, 7) is 0.613. The fourth-order valence-electron chi connectivity index (χ4n) is 4.36. The maximum atomic E-state index is 12.8. The van der Waals surface area contributed by atoms with Crippen LogP contribution in [0.2, 0.25) is 0 Å². The SMILES string of the molecule is CNC(=O)CCCCC[C@H](NC(=O)C1CCCO1)c1ncc(-c2cc3ccccc3nc2OC)[nH]1. The van der Waals surface area contributed by atoms with E-state index >= 15 is 0 Å². The number of nitrogens with one attached hydrogen (secondary N) is 3. The summed E-state index contributed by atoms with van der Waals surface area (Å²) in [5, 5.41) is 6.77. The minimum atomic E-state index is -0.412. The van der Waals surface area contributed by atoms with Crippen molar-refractivity contribution in [2.45, 2.75) is 57.1 Å². The predicted octanol–water partition coefficient (Wildman–Crippen LogP) is 3.67. The molecule has 0 saturated carbocycles. The number of rotatable bonds is 11. The number of hydrogen-bond acceptors (Lipinski definition) is 6. The van der Waals surface area contributed by atoms with Gasteiger partial charge < -0.3 is 25.1 Å². The van der Waals surface area contributed by atoms with Crippen LogP contribution in [-0.2, 0) is 14.3 Å². The standard InChI is InChI=1S/C26H33N5O4/c1-27-23(32)13-5-3-4-11-20(30-25(33)22-12-8-14-35-22)24-28-16-21(29-24)18-15-17-9-6-7-10-19(17)31-26(18)34-2/h6-7,9-10,15-16,20,22H,3-5,8,11-14H2,1-2H3,(H,27,32)(H,28,29)(H,30,33)/t20-,22?/m0/s1. The molecule has 1 aliphatic rings. The summed E-state index contributed by atoms with van der Waals surface area (Å²) in [4.78, 5) is 36.9. The Bertz CT molecular complexity index is 1160. The van der Waals surface area contributed by atoms with E-state index in [1.165, 1.54) is 0 Å². The number of benzene rings is 1. The molecule has 1 aliphatic heterocycles. The number of methoxy groups -OCH3 is 1. The van der Waals surface area contributed by atoms with Crippen molar-refractivity contribution < 1.29 is 19.1 Å². The highest BCUT2D eigenvalue weighted by atomic mass is 16.5. The first-order valence-corrected chi connectivity index (χ1v) is 12.2. The number of unbranched alkanes of at least 4 members (excludes halogenated alkanes) is 2. The number of ether oxygens (including phenoxy) is 2. The Labute approximate surface area is 205 Å². The van der Waals surface area contributed by atoms with Gasteiger partial charge in [-0.3, -0.25) is 9.59 Å². The lowest BCUT2D eigenvalue weighted by Gasteiger charge is -2.19. The van der Waals surface area contributed by atoms with Crippen molar-refractivity contribution in [1.82, 2.24) is 25.6 Å². The lowest BCUT2D eigenvalue weighted by atomic mass is 10.1. The highest BCUT2D eigenvalue weighted by molar-refractivity contribution is 5.85. The fraction of sp³-hybridized carbons (Fsp3) is 0.462. The maximum Gasteiger partial charge on any atom is 0.249 e. The second-order valence-corrected chi connectivity index (χ2v) is 8.76. The van der Waals surface area contributed by atoms with Crippen molar-refractivity contribution in [3.63, 3.8) is 0 Å². The Balaban J connectivity index is 1.52. The van der Waals surface area contributed by atoms with Crippen LogP contribution in [0.25, 0.3) is 22.2 Å². The van der Waals surface area contributed by atoms with Crippen molar-refractivity contribution in [2.24, 2.45) is 0 Å². The van der Waals surface area contributed by atoms with Crippen molar-refractivity contribution in [3.8, 4) is 17.1 Å². The second kappa shape index (κ2) is 11.8. The molecule has 9 nitrogen and oxygen atoms in total. The molecule has 2 aromatic heterocycles. The van der Waals surface area contributed by atoms with Gasteiger partial charge in [-0.1, -0.05) is 31.0 Å². The Hall–Kier alpha value is -3.46. The van der Waals surface area contributed by atoms with Crippen LogP contribution in [0.15, 0.2) is 36.5 Å². The molecule has 3 heterocycles. The van der Waals surface area contributed by atoms with E-state index in [2.05, 4.69) is 25.6 Å². The molecular formula is C26H33N5O4. The van der Waals surface area contributed by atoms with Gasteiger partial charge in [0.05, 0.1) is 36.1 Å². The Morgan fingerprint density at radius 2 is 2.11 bits per heavy atom. The number of para-hydroxylation sites is 1. The average molecular weight is 480 g/mol. The van der Waals surface area contributed by atoms with Crippen LogP contribution in [0.4, 0.5) is 0 Å². The molecule has 1 unspecified atom stereocenters. The number of carbonyl (C=O) groups is 2. The summed E-state index contributed by atoms with van der Waals surface area (Å²) in [6, 6.07) is 9.60. The average Bonchev–Trinajstić information content (AvgIpc) is 3.59. The Morgan fingerprint density at radius 3 is 2.89 bits per heavy atom. The molecule has 9 heteroatoms. The molecule has 2 atom stereocenters. The molecule has 0 spiro atoms. The van der Waals surface area contributed by atoms with Crippen LogP contribution in [-0.4, -0.2) is 53.6 Å². The highest BCUT2D eigenvalue weighted by Crippen LogP contribution is 2.31. The quantitative estimate of drug-likeness (QED) is 0.361. The lowest BCUT2D eigenvalue weighted by Crippen LogP contribution is -2.37. The summed E-state index contributed by atoms with van der Waals surface area (Å²) < 4.78 is 11.1. The van der Waals surface area contributed by atoms with E-state index in [1.807, 2.05) is 30.3 Å². The first-order chi connectivity index (χ1) is 17.1. The Morgan fingerprint density at radius 1 is 1.26 bits per heavy atom. The summed E-state index contributed by atoms with van der Waals surface area (Å²) in [5.41, 5.74) is 2.43. The number of H-pyrrole nitrogens is 1. The molecule has 0 bridgehead atoms. The number of hydrogen-bond donors (Lipinski definition) is 3. The van der Waals surface area contributed by atoms with Gasteiger partial charge in [0.25, 0.3) is 0 Å². The molecule has 1 aromatic carbocycles. The zero-order valence-corrected chi connectivity index (χ0v) is 20.3. The van der Waals surface area contributed by atoms with Gasteiger partial charge >= 0.3 is 0 Å². The fourth-order valence-corrected chi connectivity index (χ4v) is 4.36. The number of aromatic nitrogens is 3. The second-order valence-electron chi connectivity index (χ2n) is 8.76. The summed E-state index contributed by atoms with van der Waals surface area (Å²) in [7, 11) is 3.24. The molecule has 2 amide bonds. The summed E-state index contributed by atoms with van der Waals surface area (Å²) in [6.07, 6.45) is 6.70. The van der Waals surface area contributed by atoms with Crippen molar-refractivity contribution in [1.29, 1.82) is 0 Å². The van der Waals surface area contributed by atoms with Gasteiger partial charge in [-0.05, 0) is 37.8 Å². The molecule has 1 saturated heterocycles. The third-order valence-corrected chi connectivity index (χ3v) is 6.31. The number of imidazole rings is 1. The molecule has 35 heavy (non-hydrogen) atoms. The molecule has 3 N–H and O–H groups in total. The van der Waals surface area contributed by atoms with E-state index in [4.69, 9.17) is 9.47 Å². The van der Waals surface area contributed by atoms with Gasteiger partial charge in [0.15, 0.2) is 0 Å². The lowest BCUT2D eigenvalue weighted by molar-refractivity contribution is -0.131. The van der Waals surface area contributed by atoms with Crippen LogP contribution in [0.5, 0.6) is 5.88 Å². The third-order valence-electron chi connectivity index (χ3n) is 6.31. The van der Waals surface area contributed by atoms with Crippen molar-refractivity contribution in [3.05, 3.63) is 42.4 Å². The molecule has 4 rings (SSSR count). The van der Waals surface area contributed by atoms with Crippen LogP contribution >= 0.6 is 0 Å². The van der Waals surface area contributed by atoms with Gasteiger partial charge in [-0.25, -0.2) is 9.97 Å². The van der Waals surface area contributed by atoms with Crippen LogP contribution in [0.3, 0.4) is 0 Å². The number of amides is 2. The summed E-state index contributed by atoms with van der Waals surface area (Å²) in [5.74, 6) is 1.11. The minimum Gasteiger partial charge on any atom is -0.480 e. The first-order valence-electron chi connectivity index (χ1n) is 12.2. The van der Waals surface area contributed by atoms with Crippen molar-refractivity contribution in [2.75, 3.05) is 20.8 Å². The molecule has 0 radical (unpaired) electrons. The molecule has 1 fully saturated rings. The van der Waals surface area contributed by atoms with E-state index in [1.54, 1.807) is 20.4 Å². The topological polar surface area (TPSA) is 118 Å². The molecule has 186 valence electrons. The van der Waals surface area contributed by atoms with E-state index < -0.39 is 6.10 Å². The largest absolute Gasteiger partial charge is 0.480 e. The molecule has 0 aliphatic carbocycles. The zero-order chi connectivity index (χ0) is 24.6. The minimum absolute atomic E-state index is 0.0434. The Kier molecular flexibility index (Phi) is 8.31. The summed E-state index contributed by atoms with van der Waals surface area (Å²) >= 11 is 0. The van der Waals surface area contributed by atoms with Gasteiger partial charge in [-0.15, -0.1) is 0 Å². The number of fused-ring (bicyclic) bond motifs is 1.